The summed E-state index contributed by atoms with van der Waals surface area (Å²) in [6, 6.07) is 8.58. The number of benzene rings is 1. The zero-order valence-corrected chi connectivity index (χ0v) is 10.9. The van der Waals surface area contributed by atoms with Crippen LogP contribution in [0.15, 0.2) is 30.5 Å². The molecule has 0 aliphatic heterocycles. The summed E-state index contributed by atoms with van der Waals surface area (Å²) >= 11 is 0. The molecule has 2 aromatic rings. The molecule has 1 unspecified atom stereocenters. The van der Waals surface area contributed by atoms with Gasteiger partial charge in [0.2, 0.25) is 0 Å². The second-order valence-corrected chi connectivity index (χ2v) is 4.82. The number of nitrogens with one attached hydrogen (secondary N) is 2. The van der Waals surface area contributed by atoms with Gasteiger partial charge in [-0.1, -0.05) is 25.5 Å². The van der Waals surface area contributed by atoms with E-state index in [1.807, 2.05) is 6.20 Å². The van der Waals surface area contributed by atoms with Gasteiger partial charge in [0.05, 0.1) is 0 Å². The summed E-state index contributed by atoms with van der Waals surface area (Å²) in [6.07, 6.45) is 3.97. The second kappa shape index (κ2) is 6.57. The lowest BCUT2D eigenvalue weighted by Gasteiger charge is -2.14. The van der Waals surface area contributed by atoms with Crippen molar-refractivity contribution in [3.05, 3.63) is 36.0 Å². The minimum absolute atomic E-state index is 0.286. The molecule has 2 rings (SSSR count). The first-order valence-corrected chi connectivity index (χ1v) is 6.71. The molecule has 0 saturated carbocycles. The molecule has 1 aromatic carbocycles. The molecule has 1 aromatic heterocycles. The van der Waals surface area contributed by atoms with E-state index in [9.17, 15) is 0 Å². The molecule has 0 spiro atoms. The van der Waals surface area contributed by atoms with E-state index < -0.39 is 0 Å². The maximum Gasteiger partial charge on any atom is 0.0457 e. The van der Waals surface area contributed by atoms with Gasteiger partial charge < -0.3 is 15.4 Å². The number of hydrogen-bond donors (Lipinski definition) is 3. The molecule has 0 bridgehead atoms. The summed E-state index contributed by atoms with van der Waals surface area (Å²) in [7, 11) is 0. The third-order valence-electron chi connectivity index (χ3n) is 3.50. The number of aliphatic hydroxyl groups excluding tert-OH is 1. The van der Waals surface area contributed by atoms with Gasteiger partial charge in [-0.15, -0.1) is 0 Å². The van der Waals surface area contributed by atoms with Crippen LogP contribution in [-0.4, -0.2) is 23.2 Å². The van der Waals surface area contributed by atoms with Crippen molar-refractivity contribution < 1.29 is 5.11 Å². The van der Waals surface area contributed by atoms with E-state index in [-0.39, 0.29) is 6.61 Å². The second-order valence-electron chi connectivity index (χ2n) is 4.82. The SMILES string of the molecule is CCC(CCO)CNCc1ccc2cc[nH]c2c1. The van der Waals surface area contributed by atoms with Gasteiger partial charge in [-0.05, 0) is 42.0 Å². The van der Waals surface area contributed by atoms with Crippen LogP contribution < -0.4 is 5.32 Å². The zero-order chi connectivity index (χ0) is 12.8. The Kier molecular flexibility index (Phi) is 4.79. The van der Waals surface area contributed by atoms with Crippen LogP contribution in [-0.2, 0) is 6.54 Å². The molecule has 1 atom stereocenters. The van der Waals surface area contributed by atoms with E-state index >= 15 is 0 Å². The number of aromatic amines is 1. The summed E-state index contributed by atoms with van der Waals surface area (Å²) in [5, 5.41) is 13.7. The van der Waals surface area contributed by atoms with Crippen LogP contribution in [0.3, 0.4) is 0 Å². The minimum atomic E-state index is 0.286. The van der Waals surface area contributed by atoms with Crippen molar-refractivity contribution in [2.45, 2.75) is 26.3 Å². The third-order valence-corrected chi connectivity index (χ3v) is 3.50. The quantitative estimate of drug-likeness (QED) is 0.703. The van der Waals surface area contributed by atoms with Crippen LogP contribution in [0.2, 0.25) is 0 Å². The number of rotatable bonds is 7. The van der Waals surface area contributed by atoms with Gasteiger partial charge >= 0.3 is 0 Å². The van der Waals surface area contributed by atoms with Crippen molar-refractivity contribution in [1.29, 1.82) is 0 Å². The fourth-order valence-corrected chi connectivity index (χ4v) is 2.26. The predicted molar refractivity (Wildman–Crippen MR) is 75.5 cm³/mol. The summed E-state index contributed by atoms with van der Waals surface area (Å²) in [5.41, 5.74) is 2.49. The Balaban J connectivity index is 1.85. The van der Waals surface area contributed by atoms with Gasteiger partial charge in [0.25, 0.3) is 0 Å². The monoisotopic (exact) mass is 246 g/mol. The molecule has 3 heteroatoms. The summed E-state index contributed by atoms with van der Waals surface area (Å²) in [5.74, 6) is 0.573. The maximum atomic E-state index is 8.95. The lowest BCUT2D eigenvalue weighted by molar-refractivity contribution is 0.251. The van der Waals surface area contributed by atoms with E-state index in [1.165, 1.54) is 16.5 Å². The lowest BCUT2D eigenvalue weighted by atomic mass is 10.0. The first-order valence-electron chi connectivity index (χ1n) is 6.71. The van der Waals surface area contributed by atoms with Crippen LogP contribution in [0.4, 0.5) is 0 Å². The molecular weight excluding hydrogens is 224 g/mol. The largest absolute Gasteiger partial charge is 0.396 e. The molecule has 0 aliphatic rings. The Morgan fingerprint density at radius 2 is 2.22 bits per heavy atom. The molecule has 3 N–H and O–H groups in total. The Hall–Kier alpha value is -1.32. The molecule has 0 aliphatic carbocycles. The fourth-order valence-electron chi connectivity index (χ4n) is 2.26. The Labute approximate surface area is 108 Å². The molecule has 0 fully saturated rings. The van der Waals surface area contributed by atoms with Gasteiger partial charge in [-0.2, -0.15) is 0 Å². The first kappa shape index (κ1) is 13.1. The van der Waals surface area contributed by atoms with Gasteiger partial charge in [-0.3, -0.25) is 0 Å². The van der Waals surface area contributed by atoms with Gasteiger partial charge in [0, 0.05) is 24.9 Å². The lowest BCUT2D eigenvalue weighted by Crippen LogP contribution is -2.22. The Morgan fingerprint density at radius 1 is 1.33 bits per heavy atom. The highest BCUT2D eigenvalue weighted by Crippen LogP contribution is 2.14. The van der Waals surface area contributed by atoms with E-state index in [0.29, 0.717) is 5.92 Å². The zero-order valence-electron chi connectivity index (χ0n) is 10.9. The predicted octanol–water partition coefficient (Wildman–Crippen LogP) is 2.67. The van der Waals surface area contributed by atoms with Crippen LogP contribution in [0.5, 0.6) is 0 Å². The average molecular weight is 246 g/mol. The molecule has 18 heavy (non-hydrogen) atoms. The smallest absolute Gasteiger partial charge is 0.0457 e. The van der Waals surface area contributed by atoms with E-state index in [4.69, 9.17) is 5.11 Å². The number of hydrogen-bond acceptors (Lipinski definition) is 2. The third kappa shape index (κ3) is 3.34. The van der Waals surface area contributed by atoms with Gasteiger partial charge in [0.1, 0.15) is 0 Å². The molecule has 3 nitrogen and oxygen atoms in total. The summed E-state index contributed by atoms with van der Waals surface area (Å²) in [6.45, 7) is 4.32. The van der Waals surface area contributed by atoms with E-state index in [0.717, 1.165) is 25.9 Å². The molecule has 0 amide bonds. The number of aromatic nitrogens is 1. The van der Waals surface area contributed by atoms with Crippen molar-refractivity contribution in [3.8, 4) is 0 Å². The van der Waals surface area contributed by atoms with Crippen LogP contribution in [0.1, 0.15) is 25.3 Å². The highest BCUT2D eigenvalue weighted by molar-refractivity contribution is 5.79. The van der Waals surface area contributed by atoms with Crippen molar-refractivity contribution >= 4 is 10.9 Å². The van der Waals surface area contributed by atoms with Crippen LogP contribution in [0.25, 0.3) is 10.9 Å². The van der Waals surface area contributed by atoms with Crippen molar-refractivity contribution in [1.82, 2.24) is 10.3 Å². The molecule has 98 valence electrons. The summed E-state index contributed by atoms with van der Waals surface area (Å²) in [4.78, 5) is 3.23. The maximum absolute atomic E-state index is 8.95. The Bertz CT molecular complexity index is 478. The van der Waals surface area contributed by atoms with Crippen LogP contribution in [0, 0.1) is 5.92 Å². The van der Waals surface area contributed by atoms with Gasteiger partial charge in [0.15, 0.2) is 0 Å². The van der Waals surface area contributed by atoms with Crippen molar-refractivity contribution in [3.63, 3.8) is 0 Å². The Morgan fingerprint density at radius 3 is 3.00 bits per heavy atom. The molecule has 0 saturated heterocycles. The summed E-state index contributed by atoms with van der Waals surface area (Å²) < 4.78 is 0. The standard InChI is InChI=1S/C15H22N2O/c1-2-12(6-8-18)10-16-11-13-3-4-14-5-7-17-15(14)9-13/h3-5,7,9,12,16-18H,2,6,8,10-11H2,1H3. The molecule has 1 heterocycles. The highest BCUT2D eigenvalue weighted by Gasteiger charge is 2.05. The van der Waals surface area contributed by atoms with Crippen LogP contribution >= 0.6 is 0 Å². The fraction of sp³-hybridized carbons (Fsp3) is 0.467. The van der Waals surface area contributed by atoms with Gasteiger partial charge in [-0.25, -0.2) is 0 Å². The number of aliphatic hydroxyl groups is 1. The number of H-pyrrole nitrogens is 1. The topological polar surface area (TPSA) is 48.0 Å². The normalized spacial score (nSPS) is 13.0. The highest BCUT2D eigenvalue weighted by atomic mass is 16.3. The average Bonchev–Trinajstić information content (AvgIpc) is 2.85. The van der Waals surface area contributed by atoms with Crippen molar-refractivity contribution in [2.24, 2.45) is 5.92 Å². The van der Waals surface area contributed by atoms with E-state index in [1.54, 1.807) is 0 Å². The minimum Gasteiger partial charge on any atom is -0.396 e. The van der Waals surface area contributed by atoms with Crippen molar-refractivity contribution in [2.75, 3.05) is 13.2 Å². The first-order chi connectivity index (χ1) is 8.83. The van der Waals surface area contributed by atoms with E-state index in [2.05, 4.69) is 41.5 Å². The molecular formula is C15H22N2O. The number of fused-ring (bicyclic) bond motifs is 1. The molecule has 0 radical (unpaired) electrons.